The first kappa shape index (κ1) is 14.0. The summed E-state index contributed by atoms with van der Waals surface area (Å²) in [6.07, 6.45) is 5.24. The molecule has 0 aliphatic rings. The number of rotatable bonds is 6. The second-order valence-electron chi connectivity index (χ2n) is 3.72. The van der Waals surface area contributed by atoms with Crippen LogP contribution >= 0.6 is 0 Å². The molecule has 4 nitrogen and oxygen atoms in total. The van der Waals surface area contributed by atoms with Gasteiger partial charge in [-0.15, -0.1) is 0 Å². The van der Waals surface area contributed by atoms with Crippen molar-refractivity contribution in [2.24, 2.45) is 5.73 Å². The van der Waals surface area contributed by atoms with Gasteiger partial charge in [-0.2, -0.15) is 0 Å². The third kappa shape index (κ3) is 4.43. The number of carbonyl (C=O) groups is 1. The van der Waals surface area contributed by atoms with Crippen LogP contribution in [0.4, 0.5) is 0 Å². The Hall–Kier alpha value is -2.07. The molecule has 0 aliphatic heterocycles. The van der Waals surface area contributed by atoms with E-state index in [1.165, 1.54) is 6.08 Å². The third-order valence-corrected chi connectivity index (χ3v) is 2.45. The Balaban J connectivity index is 2.58. The Morgan fingerprint density at radius 1 is 1.44 bits per heavy atom. The smallest absolute Gasteiger partial charge is 0.283 e. The van der Waals surface area contributed by atoms with Crippen LogP contribution in [0.5, 0.6) is 0 Å². The molecule has 4 heteroatoms. The van der Waals surface area contributed by atoms with Gasteiger partial charge in [0.2, 0.25) is 0 Å². The lowest BCUT2D eigenvalue weighted by Crippen LogP contribution is -2.12. The maximum atomic E-state index is 10.6. The van der Waals surface area contributed by atoms with Gasteiger partial charge in [-0.1, -0.05) is 42.5 Å². The second kappa shape index (κ2) is 7.29. The van der Waals surface area contributed by atoms with E-state index >= 15 is 0 Å². The summed E-state index contributed by atoms with van der Waals surface area (Å²) in [7, 11) is 1.64. The predicted molar refractivity (Wildman–Crippen MR) is 69.9 cm³/mol. The van der Waals surface area contributed by atoms with E-state index in [1.807, 2.05) is 30.3 Å². The van der Waals surface area contributed by atoms with E-state index in [2.05, 4.69) is 0 Å². The summed E-state index contributed by atoms with van der Waals surface area (Å²) >= 11 is 0. The van der Waals surface area contributed by atoms with Crippen molar-refractivity contribution in [2.45, 2.75) is 12.5 Å². The highest BCUT2D eigenvalue weighted by Gasteiger charge is 2.06. The van der Waals surface area contributed by atoms with Gasteiger partial charge in [-0.3, -0.25) is 4.79 Å². The lowest BCUT2D eigenvalue weighted by atomic mass is 10.1. The monoisotopic (exact) mass is 247 g/mol. The lowest BCUT2D eigenvalue weighted by Gasteiger charge is -2.13. The molecule has 0 fully saturated rings. The molecule has 0 saturated heterocycles. The summed E-state index contributed by atoms with van der Waals surface area (Å²) in [5.41, 5.74) is 5.96. The third-order valence-electron chi connectivity index (χ3n) is 2.45. The van der Waals surface area contributed by atoms with Crippen LogP contribution in [0.2, 0.25) is 0 Å². The highest BCUT2D eigenvalue weighted by atomic mass is 16.5. The van der Waals surface area contributed by atoms with Gasteiger partial charge < -0.3 is 15.6 Å². The fraction of sp³-hybridized carbons (Fsp3) is 0.214. The molecule has 0 aliphatic carbocycles. The molecule has 0 saturated carbocycles. The van der Waals surface area contributed by atoms with Crippen LogP contribution in [0.25, 0.3) is 0 Å². The number of allylic oxidation sites excluding steroid dienone is 2. The van der Waals surface area contributed by atoms with E-state index in [1.54, 1.807) is 19.3 Å². The topological polar surface area (TPSA) is 72.6 Å². The first-order valence-electron chi connectivity index (χ1n) is 5.58. The molecule has 1 rings (SSSR count). The van der Waals surface area contributed by atoms with Crippen molar-refractivity contribution >= 4 is 5.91 Å². The average Bonchev–Trinajstić information content (AvgIpc) is 2.39. The van der Waals surface area contributed by atoms with Crippen molar-refractivity contribution < 1.29 is 14.6 Å². The molecule has 0 bridgehead atoms. The zero-order valence-corrected chi connectivity index (χ0v) is 10.2. The van der Waals surface area contributed by atoms with Gasteiger partial charge in [0.25, 0.3) is 5.91 Å². The van der Waals surface area contributed by atoms with E-state index in [0.717, 1.165) is 5.56 Å². The van der Waals surface area contributed by atoms with Crippen molar-refractivity contribution in [1.29, 1.82) is 0 Å². The Labute approximate surface area is 106 Å². The number of amides is 1. The van der Waals surface area contributed by atoms with E-state index in [-0.39, 0.29) is 6.10 Å². The first-order chi connectivity index (χ1) is 8.65. The molecule has 96 valence electrons. The van der Waals surface area contributed by atoms with Crippen molar-refractivity contribution in [3.05, 3.63) is 59.9 Å². The maximum Gasteiger partial charge on any atom is 0.283 e. The van der Waals surface area contributed by atoms with Crippen LogP contribution in [-0.2, 0) is 9.53 Å². The molecule has 0 aromatic heterocycles. The first-order valence-corrected chi connectivity index (χ1v) is 5.58. The minimum Gasteiger partial charge on any atom is -0.503 e. The van der Waals surface area contributed by atoms with Gasteiger partial charge in [0.15, 0.2) is 5.76 Å². The van der Waals surface area contributed by atoms with Gasteiger partial charge in [0.05, 0.1) is 6.10 Å². The summed E-state index contributed by atoms with van der Waals surface area (Å²) in [5, 5.41) is 9.07. The van der Waals surface area contributed by atoms with Gasteiger partial charge in [0.1, 0.15) is 0 Å². The molecule has 1 aromatic rings. The highest BCUT2D eigenvalue weighted by Crippen LogP contribution is 2.20. The van der Waals surface area contributed by atoms with Crippen LogP contribution in [0.15, 0.2) is 54.3 Å². The van der Waals surface area contributed by atoms with Crippen LogP contribution in [0.3, 0.4) is 0 Å². The Bertz CT molecular complexity index is 438. The number of benzene rings is 1. The second-order valence-corrected chi connectivity index (χ2v) is 3.72. The summed E-state index contributed by atoms with van der Waals surface area (Å²) in [4.78, 5) is 10.6. The largest absolute Gasteiger partial charge is 0.503 e. The summed E-state index contributed by atoms with van der Waals surface area (Å²) < 4.78 is 5.36. The fourth-order valence-corrected chi connectivity index (χ4v) is 1.48. The number of hydrogen-bond donors (Lipinski definition) is 2. The van der Waals surface area contributed by atoms with E-state index < -0.39 is 11.7 Å². The Morgan fingerprint density at radius 2 is 2.11 bits per heavy atom. The number of aliphatic hydroxyl groups excluding tert-OH is 1. The highest BCUT2D eigenvalue weighted by molar-refractivity contribution is 5.89. The number of methoxy groups -OCH3 is 1. The molecule has 0 radical (unpaired) electrons. The average molecular weight is 247 g/mol. The number of nitrogens with two attached hydrogens (primary N) is 1. The zero-order chi connectivity index (χ0) is 13.4. The van der Waals surface area contributed by atoms with Crippen molar-refractivity contribution in [3.63, 3.8) is 0 Å². The number of primary amides is 1. The minimum atomic E-state index is -0.842. The Morgan fingerprint density at radius 3 is 2.67 bits per heavy atom. The summed E-state index contributed by atoms with van der Waals surface area (Å²) in [6, 6.07) is 9.81. The Kier molecular flexibility index (Phi) is 5.67. The molecule has 0 heterocycles. The predicted octanol–water partition coefficient (Wildman–Crippen LogP) is 2.25. The van der Waals surface area contributed by atoms with Crippen LogP contribution in [-0.4, -0.2) is 18.1 Å². The van der Waals surface area contributed by atoms with Gasteiger partial charge in [-0.05, 0) is 18.1 Å². The fourth-order valence-electron chi connectivity index (χ4n) is 1.48. The van der Waals surface area contributed by atoms with Crippen molar-refractivity contribution in [3.8, 4) is 0 Å². The quantitative estimate of drug-likeness (QED) is 0.460. The summed E-state index contributed by atoms with van der Waals surface area (Å²) in [6.45, 7) is 0. The molecule has 18 heavy (non-hydrogen) atoms. The standard InChI is InChI=1S/C14H17NO3/c1-18-13(11-7-3-2-4-8-11)10-6-5-9-12(16)14(15)17/h2-9,13,16H,10H2,1H3,(H2,15,17). The van der Waals surface area contributed by atoms with Crippen LogP contribution in [0.1, 0.15) is 18.1 Å². The van der Waals surface area contributed by atoms with Gasteiger partial charge >= 0.3 is 0 Å². The molecule has 1 aromatic carbocycles. The summed E-state index contributed by atoms with van der Waals surface area (Å²) in [5.74, 6) is -1.30. The van der Waals surface area contributed by atoms with Gasteiger partial charge in [-0.25, -0.2) is 0 Å². The SMILES string of the molecule is COC(CC=CC=C(O)C(N)=O)c1ccccc1. The minimum absolute atomic E-state index is 0.0495. The molecule has 1 unspecified atom stereocenters. The molecule has 3 N–H and O–H groups in total. The van der Waals surface area contributed by atoms with Crippen molar-refractivity contribution in [2.75, 3.05) is 7.11 Å². The van der Waals surface area contributed by atoms with Gasteiger partial charge in [0, 0.05) is 7.11 Å². The van der Waals surface area contributed by atoms with E-state index in [4.69, 9.17) is 15.6 Å². The molecule has 1 amide bonds. The number of ether oxygens (including phenoxy) is 1. The lowest BCUT2D eigenvalue weighted by molar-refractivity contribution is -0.116. The van der Waals surface area contributed by atoms with E-state index in [0.29, 0.717) is 6.42 Å². The number of hydrogen-bond acceptors (Lipinski definition) is 3. The molecule has 0 spiro atoms. The number of aliphatic hydroxyl groups is 1. The zero-order valence-electron chi connectivity index (χ0n) is 10.2. The molecule has 1 atom stereocenters. The van der Waals surface area contributed by atoms with E-state index in [9.17, 15) is 4.79 Å². The normalized spacial score (nSPS) is 13.7. The molecular formula is C14H17NO3. The maximum absolute atomic E-state index is 10.6. The van der Waals surface area contributed by atoms with Crippen LogP contribution < -0.4 is 5.73 Å². The number of carbonyl (C=O) groups excluding carboxylic acids is 1. The molecular weight excluding hydrogens is 230 g/mol. The van der Waals surface area contributed by atoms with Crippen molar-refractivity contribution in [1.82, 2.24) is 0 Å². The van der Waals surface area contributed by atoms with Crippen LogP contribution in [0, 0.1) is 0 Å².